The number of hydrogen-bond donors (Lipinski definition) is 0. The molecule has 120 valence electrons. The lowest BCUT2D eigenvalue weighted by Gasteiger charge is -2.38. The van der Waals surface area contributed by atoms with E-state index in [0.29, 0.717) is 17.4 Å². The molecule has 0 radical (unpaired) electrons. The molecule has 7 heteroatoms. The Balaban J connectivity index is 1.53. The van der Waals surface area contributed by atoms with Gasteiger partial charge in [0, 0.05) is 38.1 Å². The van der Waals surface area contributed by atoms with Crippen molar-refractivity contribution in [2.45, 2.75) is 25.8 Å². The fraction of sp³-hybridized carbons (Fsp3) is 0.500. The number of hydrogen-bond acceptors (Lipinski definition) is 6. The van der Waals surface area contributed by atoms with Crippen LogP contribution < -0.4 is 4.90 Å². The molecule has 2 aromatic rings. The molecule has 0 bridgehead atoms. The van der Waals surface area contributed by atoms with Crippen LogP contribution in [0.4, 0.5) is 5.82 Å². The first-order valence-electron chi connectivity index (χ1n) is 7.97. The summed E-state index contributed by atoms with van der Waals surface area (Å²) in [5.74, 6) is 2.06. The second-order valence-corrected chi connectivity index (χ2v) is 6.24. The first kappa shape index (κ1) is 14.2. The fourth-order valence-electron chi connectivity index (χ4n) is 3.67. The van der Waals surface area contributed by atoms with Crippen LogP contribution in [0.1, 0.15) is 29.1 Å². The summed E-state index contributed by atoms with van der Waals surface area (Å²) in [5, 5.41) is 3.87. The van der Waals surface area contributed by atoms with Crippen molar-refractivity contribution in [2.75, 3.05) is 24.5 Å². The maximum atomic E-state index is 12.7. The lowest BCUT2D eigenvalue weighted by molar-refractivity contribution is 0.0701. The SMILES string of the molecule is Cc1cc(C(=O)N2CCC3CCN(c4cnccn4)CC32)no1. The van der Waals surface area contributed by atoms with Gasteiger partial charge in [0.05, 0.1) is 12.2 Å². The van der Waals surface area contributed by atoms with Crippen LogP contribution in [0.3, 0.4) is 0 Å². The van der Waals surface area contributed by atoms with E-state index in [9.17, 15) is 4.79 Å². The molecule has 4 heterocycles. The number of aromatic nitrogens is 3. The summed E-state index contributed by atoms with van der Waals surface area (Å²) in [5.41, 5.74) is 0.403. The molecule has 2 unspecified atom stereocenters. The van der Waals surface area contributed by atoms with Gasteiger partial charge < -0.3 is 14.3 Å². The Labute approximate surface area is 134 Å². The maximum absolute atomic E-state index is 12.7. The number of carbonyl (C=O) groups is 1. The van der Waals surface area contributed by atoms with Gasteiger partial charge >= 0.3 is 0 Å². The summed E-state index contributed by atoms with van der Waals surface area (Å²) in [4.78, 5) is 25.4. The summed E-state index contributed by atoms with van der Waals surface area (Å²) in [6.07, 6.45) is 7.29. The third-order valence-corrected chi connectivity index (χ3v) is 4.84. The number of fused-ring (bicyclic) bond motifs is 1. The lowest BCUT2D eigenvalue weighted by atomic mass is 9.92. The van der Waals surface area contributed by atoms with E-state index in [0.717, 1.165) is 38.3 Å². The van der Waals surface area contributed by atoms with E-state index in [1.165, 1.54) is 0 Å². The summed E-state index contributed by atoms with van der Waals surface area (Å²) in [7, 11) is 0. The molecule has 0 aliphatic carbocycles. The molecule has 2 fully saturated rings. The molecule has 2 aliphatic rings. The topological polar surface area (TPSA) is 75.4 Å². The number of aryl methyl sites for hydroxylation is 1. The molecule has 4 rings (SSSR count). The highest BCUT2D eigenvalue weighted by molar-refractivity contribution is 5.92. The van der Waals surface area contributed by atoms with Gasteiger partial charge in [0.15, 0.2) is 5.69 Å². The van der Waals surface area contributed by atoms with Crippen LogP contribution in [0.15, 0.2) is 29.2 Å². The van der Waals surface area contributed by atoms with E-state index >= 15 is 0 Å². The minimum absolute atomic E-state index is 0.0321. The van der Waals surface area contributed by atoms with Crippen molar-refractivity contribution >= 4 is 11.7 Å². The molecule has 0 N–H and O–H groups in total. The quantitative estimate of drug-likeness (QED) is 0.836. The molecule has 0 spiro atoms. The monoisotopic (exact) mass is 313 g/mol. The van der Waals surface area contributed by atoms with Crippen molar-refractivity contribution in [3.05, 3.63) is 36.1 Å². The maximum Gasteiger partial charge on any atom is 0.276 e. The number of piperidine rings is 1. The van der Waals surface area contributed by atoms with Crippen LogP contribution in [-0.2, 0) is 0 Å². The van der Waals surface area contributed by atoms with Crippen LogP contribution in [0.2, 0.25) is 0 Å². The normalized spacial score (nSPS) is 23.9. The third-order valence-electron chi connectivity index (χ3n) is 4.84. The smallest absolute Gasteiger partial charge is 0.276 e. The molecular weight excluding hydrogens is 294 g/mol. The van der Waals surface area contributed by atoms with E-state index in [4.69, 9.17) is 4.52 Å². The van der Waals surface area contributed by atoms with Crippen LogP contribution >= 0.6 is 0 Å². The van der Waals surface area contributed by atoms with Crippen LogP contribution in [0, 0.1) is 12.8 Å². The molecule has 2 aliphatic heterocycles. The Morgan fingerprint density at radius 2 is 2.17 bits per heavy atom. The summed E-state index contributed by atoms with van der Waals surface area (Å²) < 4.78 is 5.05. The molecular formula is C16H19N5O2. The average Bonchev–Trinajstić information content (AvgIpc) is 3.20. The molecule has 2 saturated heterocycles. The Bertz CT molecular complexity index is 702. The van der Waals surface area contributed by atoms with Gasteiger partial charge in [-0.05, 0) is 25.7 Å². The van der Waals surface area contributed by atoms with E-state index in [2.05, 4.69) is 20.0 Å². The zero-order valence-corrected chi connectivity index (χ0v) is 13.1. The number of amides is 1. The van der Waals surface area contributed by atoms with Gasteiger partial charge in [0.1, 0.15) is 11.6 Å². The second kappa shape index (κ2) is 5.64. The van der Waals surface area contributed by atoms with E-state index < -0.39 is 0 Å². The van der Waals surface area contributed by atoms with Gasteiger partial charge in [0.2, 0.25) is 0 Å². The summed E-state index contributed by atoms with van der Waals surface area (Å²) in [6.45, 7) is 4.35. The number of nitrogens with zero attached hydrogens (tertiary/aromatic N) is 5. The Morgan fingerprint density at radius 3 is 2.91 bits per heavy atom. The van der Waals surface area contributed by atoms with Gasteiger partial charge in [0.25, 0.3) is 5.91 Å². The van der Waals surface area contributed by atoms with Crippen LogP contribution in [0.5, 0.6) is 0 Å². The number of carbonyl (C=O) groups excluding carboxylic acids is 1. The van der Waals surface area contributed by atoms with Crippen LogP contribution in [0.25, 0.3) is 0 Å². The van der Waals surface area contributed by atoms with Crippen molar-refractivity contribution in [1.82, 2.24) is 20.0 Å². The van der Waals surface area contributed by atoms with Gasteiger partial charge in [-0.15, -0.1) is 0 Å². The second-order valence-electron chi connectivity index (χ2n) is 6.24. The van der Waals surface area contributed by atoms with Gasteiger partial charge in [-0.3, -0.25) is 9.78 Å². The molecule has 0 saturated carbocycles. The largest absolute Gasteiger partial charge is 0.361 e. The van der Waals surface area contributed by atoms with Gasteiger partial charge in [-0.2, -0.15) is 0 Å². The number of anilines is 1. The first-order chi connectivity index (χ1) is 11.2. The third kappa shape index (κ3) is 2.56. The fourth-order valence-corrected chi connectivity index (χ4v) is 3.67. The van der Waals surface area contributed by atoms with Crippen molar-refractivity contribution < 1.29 is 9.32 Å². The van der Waals surface area contributed by atoms with Crippen molar-refractivity contribution in [2.24, 2.45) is 5.92 Å². The zero-order valence-electron chi connectivity index (χ0n) is 13.1. The standard InChI is InChI=1S/C16H19N5O2/c1-11-8-13(19-23-11)16(22)21-7-3-12-2-6-20(10-14(12)21)15-9-17-4-5-18-15/h4-5,8-9,12,14H,2-3,6-7,10H2,1H3. The Kier molecular flexibility index (Phi) is 3.48. The highest BCUT2D eigenvalue weighted by Crippen LogP contribution is 2.33. The predicted octanol–water partition coefficient (Wildman–Crippen LogP) is 1.51. The minimum Gasteiger partial charge on any atom is -0.361 e. The highest BCUT2D eigenvalue weighted by Gasteiger charge is 2.41. The highest BCUT2D eigenvalue weighted by atomic mass is 16.5. The van der Waals surface area contributed by atoms with Crippen molar-refractivity contribution in [1.29, 1.82) is 0 Å². The molecule has 7 nitrogen and oxygen atoms in total. The Morgan fingerprint density at radius 1 is 1.30 bits per heavy atom. The van der Waals surface area contributed by atoms with E-state index in [-0.39, 0.29) is 11.9 Å². The molecule has 1 amide bonds. The zero-order chi connectivity index (χ0) is 15.8. The average molecular weight is 313 g/mol. The number of likely N-dealkylation sites (tertiary alicyclic amines) is 1. The van der Waals surface area contributed by atoms with Crippen LogP contribution in [-0.4, -0.2) is 51.6 Å². The van der Waals surface area contributed by atoms with Crippen molar-refractivity contribution in [3.63, 3.8) is 0 Å². The molecule has 23 heavy (non-hydrogen) atoms. The predicted molar refractivity (Wildman–Crippen MR) is 83.0 cm³/mol. The molecule has 0 aromatic carbocycles. The van der Waals surface area contributed by atoms with Gasteiger partial charge in [-0.1, -0.05) is 5.16 Å². The minimum atomic E-state index is -0.0321. The van der Waals surface area contributed by atoms with Gasteiger partial charge in [-0.25, -0.2) is 4.98 Å². The van der Waals surface area contributed by atoms with E-state index in [1.807, 2.05) is 4.90 Å². The molecule has 2 aromatic heterocycles. The van der Waals surface area contributed by atoms with Crippen molar-refractivity contribution in [3.8, 4) is 0 Å². The lowest BCUT2D eigenvalue weighted by Crippen LogP contribution is -2.50. The first-order valence-corrected chi connectivity index (χ1v) is 7.97. The molecule has 2 atom stereocenters. The summed E-state index contributed by atoms with van der Waals surface area (Å²) in [6, 6.07) is 1.91. The number of rotatable bonds is 2. The summed E-state index contributed by atoms with van der Waals surface area (Å²) >= 11 is 0. The van der Waals surface area contributed by atoms with E-state index in [1.54, 1.807) is 31.6 Å². The Hall–Kier alpha value is -2.44.